The Kier molecular flexibility index (Phi) is 4.55. The van der Waals surface area contributed by atoms with E-state index in [2.05, 4.69) is 35.7 Å². The second kappa shape index (κ2) is 6.98. The van der Waals surface area contributed by atoms with E-state index < -0.39 is 0 Å². The van der Waals surface area contributed by atoms with Crippen molar-refractivity contribution in [3.8, 4) is 5.75 Å². The van der Waals surface area contributed by atoms with Crippen molar-refractivity contribution in [2.45, 2.75) is 6.54 Å². The van der Waals surface area contributed by atoms with Gasteiger partial charge in [-0.1, -0.05) is 28.1 Å². The number of anilines is 1. The third kappa shape index (κ3) is 3.32. The van der Waals surface area contributed by atoms with Gasteiger partial charge in [-0.05, 0) is 24.3 Å². The normalized spacial score (nSPS) is 15.6. The average Bonchev–Trinajstić information content (AvgIpc) is 2.67. The summed E-state index contributed by atoms with van der Waals surface area (Å²) in [5, 5.41) is 11.5. The summed E-state index contributed by atoms with van der Waals surface area (Å²) in [5.41, 5.74) is 1.56. The number of phenolic OH excluding ortho intramolecular Hbond substituents is 1. The van der Waals surface area contributed by atoms with E-state index in [1.807, 2.05) is 42.6 Å². The first-order chi connectivity index (χ1) is 12.2. The van der Waals surface area contributed by atoms with E-state index in [0.717, 1.165) is 47.4 Å². The Balaban J connectivity index is 1.49. The average molecular weight is 399 g/mol. The predicted molar refractivity (Wildman–Crippen MR) is 103 cm³/mol. The molecule has 1 aliphatic heterocycles. The largest absolute Gasteiger partial charge is 0.505 e. The Morgan fingerprint density at radius 2 is 1.80 bits per heavy atom. The lowest BCUT2D eigenvalue weighted by Gasteiger charge is -2.35. The minimum Gasteiger partial charge on any atom is -0.505 e. The van der Waals surface area contributed by atoms with Crippen molar-refractivity contribution in [1.82, 2.24) is 14.9 Å². The standard InChI is InChI=1S/C19H19BrN4O/c20-16-12-14(19(25)18-15(16)4-3-7-22-18)13-23-8-10-24(11-9-23)17-5-1-2-6-21-17/h1-7,12,25H,8-11,13H2. The summed E-state index contributed by atoms with van der Waals surface area (Å²) in [6.07, 6.45) is 3.54. The Morgan fingerprint density at radius 1 is 1.00 bits per heavy atom. The highest BCUT2D eigenvalue weighted by molar-refractivity contribution is 9.10. The van der Waals surface area contributed by atoms with E-state index in [1.165, 1.54) is 0 Å². The first kappa shape index (κ1) is 16.3. The molecule has 0 amide bonds. The maximum Gasteiger partial charge on any atom is 0.146 e. The van der Waals surface area contributed by atoms with E-state index in [9.17, 15) is 5.11 Å². The van der Waals surface area contributed by atoms with Crippen LogP contribution in [-0.2, 0) is 6.54 Å². The Hall–Kier alpha value is -2.18. The highest BCUT2D eigenvalue weighted by atomic mass is 79.9. The molecule has 3 heterocycles. The smallest absolute Gasteiger partial charge is 0.146 e. The van der Waals surface area contributed by atoms with Crippen LogP contribution in [0.5, 0.6) is 5.75 Å². The second-order valence-corrected chi connectivity index (χ2v) is 7.07. The van der Waals surface area contributed by atoms with Crippen molar-refractivity contribution >= 4 is 32.7 Å². The van der Waals surface area contributed by atoms with Gasteiger partial charge in [-0.3, -0.25) is 9.88 Å². The van der Waals surface area contributed by atoms with E-state index in [-0.39, 0.29) is 5.75 Å². The van der Waals surface area contributed by atoms with Crippen LogP contribution in [0.2, 0.25) is 0 Å². The molecule has 1 N–H and O–H groups in total. The molecule has 4 rings (SSSR count). The number of phenols is 1. The molecule has 0 radical (unpaired) electrons. The Morgan fingerprint density at radius 3 is 2.56 bits per heavy atom. The first-order valence-electron chi connectivity index (χ1n) is 8.36. The molecule has 0 atom stereocenters. The van der Waals surface area contributed by atoms with Gasteiger partial charge in [0.2, 0.25) is 0 Å². The zero-order chi connectivity index (χ0) is 17.2. The van der Waals surface area contributed by atoms with E-state index >= 15 is 0 Å². The van der Waals surface area contributed by atoms with Gasteiger partial charge in [0.1, 0.15) is 17.1 Å². The zero-order valence-corrected chi connectivity index (χ0v) is 15.4. The topological polar surface area (TPSA) is 52.5 Å². The van der Waals surface area contributed by atoms with Crippen molar-refractivity contribution in [3.05, 3.63) is 58.8 Å². The van der Waals surface area contributed by atoms with Crippen LogP contribution in [0.1, 0.15) is 5.56 Å². The van der Waals surface area contributed by atoms with Crippen LogP contribution in [0.4, 0.5) is 5.82 Å². The SMILES string of the molecule is Oc1c(CN2CCN(c3ccccn3)CC2)cc(Br)c2cccnc12. The number of hydrogen-bond donors (Lipinski definition) is 1. The van der Waals surface area contributed by atoms with E-state index in [0.29, 0.717) is 12.1 Å². The van der Waals surface area contributed by atoms with E-state index in [4.69, 9.17) is 0 Å². The molecule has 0 saturated carbocycles. The number of aromatic nitrogens is 2. The molecule has 0 spiro atoms. The molecule has 1 aromatic carbocycles. The molecule has 1 aliphatic rings. The number of aromatic hydroxyl groups is 1. The number of halogens is 1. The molecule has 0 aliphatic carbocycles. The summed E-state index contributed by atoms with van der Waals surface area (Å²) in [6.45, 7) is 4.46. The van der Waals surface area contributed by atoms with Crippen molar-refractivity contribution in [2.75, 3.05) is 31.1 Å². The summed E-state index contributed by atoms with van der Waals surface area (Å²) in [7, 11) is 0. The molecular formula is C19H19BrN4O. The molecule has 1 fully saturated rings. The molecule has 1 saturated heterocycles. The molecule has 0 unspecified atom stereocenters. The lowest BCUT2D eigenvalue weighted by Crippen LogP contribution is -2.46. The number of nitrogens with zero attached hydrogens (tertiary/aromatic N) is 4. The summed E-state index contributed by atoms with van der Waals surface area (Å²) < 4.78 is 0.968. The van der Waals surface area contributed by atoms with Gasteiger partial charge in [-0.15, -0.1) is 0 Å². The van der Waals surface area contributed by atoms with Crippen LogP contribution < -0.4 is 4.90 Å². The predicted octanol–water partition coefficient (Wildman–Crippen LogP) is 3.42. The van der Waals surface area contributed by atoms with E-state index in [1.54, 1.807) is 6.20 Å². The van der Waals surface area contributed by atoms with Gasteiger partial charge in [-0.2, -0.15) is 0 Å². The van der Waals surface area contributed by atoms with Crippen molar-refractivity contribution in [2.24, 2.45) is 0 Å². The molecule has 6 heteroatoms. The summed E-state index contributed by atoms with van der Waals surface area (Å²) in [4.78, 5) is 13.4. The molecule has 25 heavy (non-hydrogen) atoms. The fourth-order valence-corrected chi connectivity index (χ4v) is 3.87. The summed E-state index contributed by atoms with van der Waals surface area (Å²) >= 11 is 3.60. The van der Waals surface area contributed by atoms with Gasteiger partial charge in [0.25, 0.3) is 0 Å². The molecule has 5 nitrogen and oxygen atoms in total. The Bertz CT molecular complexity index is 879. The lowest BCUT2D eigenvalue weighted by atomic mass is 10.1. The monoisotopic (exact) mass is 398 g/mol. The van der Waals surface area contributed by atoms with Gasteiger partial charge in [0, 0.05) is 60.5 Å². The highest BCUT2D eigenvalue weighted by Gasteiger charge is 2.20. The van der Waals surface area contributed by atoms with Crippen LogP contribution >= 0.6 is 15.9 Å². The number of hydrogen-bond acceptors (Lipinski definition) is 5. The van der Waals surface area contributed by atoms with Crippen LogP contribution in [0, 0.1) is 0 Å². The number of rotatable bonds is 3. The highest BCUT2D eigenvalue weighted by Crippen LogP contribution is 2.33. The van der Waals surface area contributed by atoms with Crippen molar-refractivity contribution in [3.63, 3.8) is 0 Å². The number of fused-ring (bicyclic) bond motifs is 1. The van der Waals surface area contributed by atoms with Crippen molar-refractivity contribution < 1.29 is 5.11 Å². The third-order valence-corrected chi connectivity index (χ3v) is 5.29. The molecule has 0 bridgehead atoms. The minimum absolute atomic E-state index is 0.283. The van der Waals surface area contributed by atoms with Crippen LogP contribution in [0.25, 0.3) is 10.9 Å². The lowest BCUT2D eigenvalue weighted by molar-refractivity contribution is 0.246. The maximum absolute atomic E-state index is 10.6. The second-order valence-electron chi connectivity index (χ2n) is 6.22. The fourth-order valence-electron chi connectivity index (χ4n) is 3.28. The van der Waals surface area contributed by atoms with Gasteiger partial charge in [0.05, 0.1) is 0 Å². The molecule has 3 aromatic rings. The minimum atomic E-state index is 0.283. The molecule has 2 aromatic heterocycles. The van der Waals surface area contributed by atoms with Crippen LogP contribution in [0.3, 0.4) is 0 Å². The number of benzene rings is 1. The van der Waals surface area contributed by atoms with Gasteiger partial charge in [-0.25, -0.2) is 4.98 Å². The maximum atomic E-state index is 10.6. The number of piperazine rings is 1. The van der Waals surface area contributed by atoms with Crippen molar-refractivity contribution in [1.29, 1.82) is 0 Å². The Labute approximate surface area is 155 Å². The molecule has 128 valence electrons. The number of pyridine rings is 2. The van der Waals surface area contributed by atoms with Gasteiger partial charge in [0.15, 0.2) is 0 Å². The zero-order valence-electron chi connectivity index (χ0n) is 13.8. The fraction of sp³-hybridized carbons (Fsp3) is 0.263. The van der Waals surface area contributed by atoms with Crippen LogP contribution in [0.15, 0.2) is 53.3 Å². The molecular weight excluding hydrogens is 380 g/mol. The quantitative estimate of drug-likeness (QED) is 0.732. The summed E-state index contributed by atoms with van der Waals surface area (Å²) in [6, 6.07) is 11.9. The summed E-state index contributed by atoms with van der Waals surface area (Å²) in [5.74, 6) is 1.31. The van der Waals surface area contributed by atoms with Gasteiger partial charge < -0.3 is 10.0 Å². The van der Waals surface area contributed by atoms with Gasteiger partial charge >= 0.3 is 0 Å². The third-order valence-electron chi connectivity index (χ3n) is 4.63. The first-order valence-corrected chi connectivity index (χ1v) is 9.15. The van der Waals surface area contributed by atoms with Crippen LogP contribution in [-0.4, -0.2) is 46.2 Å².